The molecule has 1 aliphatic heterocycles. The smallest absolute Gasteiger partial charge is 0.160 e. The number of hydrogen-bond acceptors (Lipinski definition) is 3. The highest BCUT2D eigenvalue weighted by molar-refractivity contribution is 6.04. The van der Waals surface area contributed by atoms with Crippen molar-refractivity contribution in [2.75, 3.05) is 0 Å². The van der Waals surface area contributed by atoms with Gasteiger partial charge in [-0.15, -0.1) is 0 Å². The number of aromatic nitrogens is 2. The molecular formula is C57H36N2O. The summed E-state index contributed by atoms with van der Waals surface area (Å²) in [5.41, 5.74) is 16.4. The van der Waals surface area contributed by atoms with Gasteiger partial charge in [0.25, 0.3) is 0 Å². The molecule has 280 valence electrons. The maximum absolute atomic E-state index is 6.50. The van der Waals surface area contributed by atoms with E-state index >= 15 is 0 Å². The van der Waals surface area contributed by atoms with Crippen molar-refractivity contribution in [1.29, 1.82) is 0 Å². The van der Waals surface area contributed by atoms with Crippen LogP contribution in [0.4, 0.5) is 0 Å². The van der Waals surface area contributed by atoms with E-state index in [2.05, 4.69) is 200 Å². The second kappa shape index (κ2) is 13.6. The minimum atomic E-state index is -0.455. The van der Waals surface area contributed by atoms with Gasteiger partial charge in [-0.3, -0.25) is 0 Å². The molecule has 0 spiro atoms. The Kier molecular flexibility index (Phi) is 7.76. The molecule has 12 rings (SSSR count). The van der Waals surface area contributed by atoms with Crippen LogP contribution in [-0.4, -0.2) is 9.97 Å². The second-order valence-electron chi connectivity index (χ2n) is 15.7. The van der Waals surface area contributed by atoms with E-state index < -0.39 is 5.41 Å². The molecule has 1 aliphatic carbocycles. The Labute approximate surface area is 348 Å². The molecule has 0 amide bonds. The Morgan fingerprint density at radius 2 is 0.917 bits per heavy atom. The molecule has 2 aliphatic rings. The molecule has 60 heavy (non-hydrogen) atoms. The summed E-state index contributed by atoms with van der Waals surface area (Å²) in [6.07, 6.45) is 0. The van der Waals surface area contributed by atoms with Crippen LogP contribution >= 0.6 is 0 Å². The maximum atomic E-state index is 6.50. The molecule has 10 aromatic rings. The maximum Gasteiger partial charge on any atom is 0.160 e. The van der Waals surface area contributed by atoms with Crippen molar-refractivity contribution in [3.63, 3.8) is 0 Å². The van der Waals surface area contributed by atoms with Gasteiger partial charge >= 0.3 is 0 Å². The fourth-order valence-electron chi connectivity index (χ4n) is 9.64. The van der Waals surface area contributed by atoms with Crippen LogP contribution in [0.1, 0.15) is 22.3 Å². The Morgan fingerprint density at radius 3 is 1.67 bits per heavy atom. The summed E-state index contributed by atoms with van der Waals surface area (Å²) in [5.74, 6) is 2.46. The molecule has 0 fully saturated rings. The molecular weight excluding hydrogens is 729 g/mol. The first-order valence-corrected chi connectivity index (χ1v) is 20.5. The number of rotatable bonds is 6. The van der Waals surface area contributed by atoms with Crippen molar-refractivity contribution in [3.8, 4) is 78.8 Å². The van der Waals surface area contributed by atoms with Gasteiger partial charge < -0.3 is 4.74 Å². The molecule has 0 radical (unpaired) electrons. The molecule has 0 N–H and O–H groups in total. The zero-order chi connectivity index (χ0) is 39.6. The average Bonchev–Trinajstić information content (AvgIpc) is 3.63. The molecule has 0 saturated carbocycles. The quantitative estimate of drug-likeness (QED) is 0.169. The van der Waals surface area contributed by atoms with Crippen LogP contribution in [0.5, 0.6) is 11.5 Å². The minimum Gasteiger partial charge on any atom is -0.456 e. The summed E-state index contributed by atoms with van der Waals surface area (Å²) in [5, 5.41) is 2.36. The number of nitrogens with zero attached hydrogens (tertiary/aromatic N) is 2. The highest BCUT2D eigenvalue weighted by atomic mass is 16.5. The van der Waals surface area contributed by atoms with Crippen LogP contribution in [0.3, 0.4) is 0 Å². The first-order valence-electron chi connectivity index (χ1n) is 20.5. The van der Waals surface area contributed by atoms with E-state index in [9.17, 15) is 0 Å². The molecule has 9 aromatic carbocycles. The molecule has 3 heteroatoms. The van der Waals surface area contributed by atoms with Crippen molar-refractivity contribution >= 4 is 10.8 Å². The fourth-order valence-corrected chi connectivity index (χ4v) is 9.64. The Morgan fingerprint density at radius 1 is 0.333 bits per heavy atom. The van der Waals surface area contributed by atoms with E-state index in [1.165, 1.54) is 49.7 Å². The third-order valence-electron chi connectivity index (χ3n) is 12.4. The highest BCUT2D eigenvalue weighted by Crippen LogP contribution is 2.56. The van der Waals surface area contributed by atoms with Crippen LogP contribution in [0.25, 0.3) is 78.1 Å². The Bertz CT molecular complexity index is 3220. The fraction of sp³-hybridized carbons (Fsp3) is 0.0175. The van der Waals surface area contributed by atoms with Gasteiger partial charge in [0.15, 0.2) is 5.82 Å². The van der Waals surface area contributed by atoms with Gasteiger partial charge in [-0.25, -0.2) is 9.97 Å². The van der Waals surface area contributed by atoms with Crippen LogP contribution < -0.4 is 4.74 Å². The average molecular weight is 765 g/mol. The number of fused-ring (bicyclic) bond motifs is 5. The minimum absolute atomic E-state index is 0.455. The van der Waals surface area contributed by atoms with Gasteiger partial charge in [-0.1, -0.05) is 188 Å². The lowest BCUT2D eigenvalue weighted by Gasteiger charge is -2.33. The summed E-state index contributed by atoms with van der Waals surface area (Å²) >= 11 is 0. The van der Waals surface area contributed by atoms with Gasteiger partial charge in [0, 0.05) is 27.6 Å². The SMILES string of the molecule is c1ccc(-c2nc(-c3ccc(-c4ccc5c(c4)Oc4cccc6cccc-5c46)cc3)cc(-c3ccc4c(c3)-c3ccccc3C4(c3ccccc3)c3ccccc3)n2)cc1. The van der Waals surface area contributed by atoms with E-state index in [4.69, 9.17) is 14.7 Å². The predicted molar refractivity (Wildman–Crippen MR) is 244 cm³/mol. The molecule has 3 nitrogen and oxygen atoms in total. The molecule has 1 aromatic heterocycles. The zero-order valence-corrected chi connectivity index (χ0v) is 32.6. The molecule has 0 saturated heterocycles. The van der Waals surface area contributed by atoms with Gasteiger partial charge in [0.1, 0.15) is 11.5 Å². The largest absolute Gasteiger partial charge is 0.456 e. The van der Waals surface area contributed by atoms with Crippen LogP contribution in [0, 0.1) is 0 Å². The third kappa shape index (κ3) is 5.30. The van der Waals surface area contributed by atoms with Crippen LogP contribution in [0.15, 0.2) is 218 Å². The highest BCUT2D eigenvalue weighted by Gasteiger charge is 2.46. The second-order valence-corrected chi connectivity index (χ2v) is 15.7. The topological polar surface area (TPSA) is 35.0 Å². The van der Waals surface area contributed by atoms with Crippen molar-refractivity contribution in [2.24, 2.45) is 0 Å². The zero-order valence-electron chi connectivity index (χ0n) is 32.6. The lowest BCUT2D eigenvalue weighted by Crippen LogP contribution is -2.28. The molecule has 0 atom stereocenters. The Balaban J connectivity index is 0.960. The van der Waals surface area contributed by atoms with Gasteiger partial charge in [-0.05, 0) is 85.8 Å². The normalized spacial score (nSPS) is 12.9. The lowest BCUT2D eigenvalue weighted by molar-refractivity contribution is 0.487. The summed E-state index contributed by atoms with van der Waals surface area (Å²) in [6, 6.07) is 78.0. The molecule has 2 heterocycles. The van der Waals surface area contributed by atoms with Crippen LogP contribution in [0.2, 0.25) is 0 Å². The van der Waals surface area contributed by atoms with Crippen molar-refractivity contribution in [2.45, 2.75) is 5.41 Å². The van der Waals surface area contributed by atoms with E-state index in [1.807, 2.05) is 18.2 Å². The van der Waals surface area contributed by atoms with E-state index in [1.54, 1.807) is 0 Å². The standard InChI is InChI=1S/C57H36N2O/c1-4-14-40(15-5-1)56-58-51(38-28-26-37(27-29-38)41-30-32-46-47-23-12-16-39-17-13-25-53(55(39)47)60-54(46)35-41)36-52(59-56)42-31-33-50-48(34-42)45-22-10-11-24-49(45)57(50,43-18-6-2-7-19-43)44-20-8-3-9-21-44/h1-36H. The predicted octanol–water partition coefficient (Wildman–Crippen LogP) is 14.4. The third-order valence-corrected chi connectivity index (χ3v) is 12.4. The van der Waals surface area contributed by atoms with Crippen molar-refractivity contribution < 1.29 is 4.74 Å². The Hall–Kier alpha value is -7.88. The monoisotopic (exact) mass is 764 g/mol. The molecule has 0 unspecified atom stereocenters. The first kappa shape index (κ1) is 34.2. The number of ether oxygens (including phenoxy) is 1. The number of hydrogen-bond donors (Lipinski definition) is 0. The van der Waals surface area contributed by atoms with Crippen molar-refractivity contribution in [1.82, 2.24) is 9.97 Å². The molecule has 0 bridgehead atoms. The van der Waals surface area contributed by atoms with E-state index in [0.29, 0.717) is 5.82 Å². The summed E-state index contributed by atoms with van der Waals surface area (Å²) in [4.78, 5) is 10.4. The van der Waals surface area contributed by atoms with Gasteiger partial charge in [0.05, 0.1) is 16.8 Å². The van der Waals surface area contributed by atoms with Crippen LogP contribution in [-0.2, 0) is 5.41 Å². The van der Waals surface area contributed by atoms with E-state index in [0.717, 1.165) is 56.3 Å². The lowest BCUT2D eigenvalue weighted by atomic mass is 9.67. The van der Waals surface area contributed by atoms with Crippen molar-refractivity contribution in [3.05, 3.63) is 241 Å². The van der Waals surface area contributed by atoms with Gasteiger partial charge in [-0.2, -0.15) is 0 Å². The van der Waals surface area contributed by atoms with E-state index in [-0.39, 0.29) is 0 Å². The van der Waals surface area contributed by atoms with Gasteiger partial charge in [0.2, 0.25) is 0 Å². The number of benzene rings is 9. The first-order chi connectivity index (χ1) is 29.7. The summed E-state index contributed by atoms with van der Waals surface area (Å²) < 4.78 is 6.50. The summed E-state index contributed by atoms with van der Waals surface area (Å²) in [6.45, 7) is 0. The summed E-state index contributed by atoms with van der Waals surface area (Å²) in [7, 11) is 0.